The molecule has 1 aromatic carbocycles. The number of nitrogens with one attached hydrogen (secondary N) is 1. The summed E-state index contributed by atoms with van der Waals surface area (Å²) in [5.74, 6) is -0.258. The molecule has 0 unspecified atom stereocenters. The van der Waals surface area contributed by atoms with E-state index in [1.807, 2.05) is 26.0 Å². The molecular formula is C17H15Cl2N3O. The van der Waals surface area contributed by atoms with Crippen molar-refractivity contribution >= 4 is 40.4 Å². The standard InChI is InChI=1S/C17H15Cl2N3O/c1-9-6-10(2)15(13(19)7-9)21-17(23)16-11(3)20-14-8-12(18)4-5-22(14)16/h4-8H,1-3H3,(H,21,23). The number of fused-ring (bicyclic) bond motifs is 1. The first-order valence-corrected chi connectivity index (χ1v) is 7.84. The fourth-order valence-electron chi connectivity index (χ4n) is 2.66. The lowest BCUT2D eigenvalue weighted by Crippen LogP contribution is -2.16. The molecule has 0 spiro atoms. The van der Waals surface area contributed by atoms with E-state index >= 15 is 0 Å². The van der Waals surface area contributed by atoms with Crippen molar-refractivity contribution < 1.29 is 4.79 Å². The van der Waals surface area contributed by atoms with Crippen LogP contribution in [0.2, 0.25) is 10.0 Å². The third-order valence-electron chi connectivity index (χ3n) is 3.65. The highest BCUT2D eigenvalue weighted by Gasteiger charge is 2.18. The number of pyridine rings is 1. The molecule has 2 aromatic heterocycles. The van der Waals surface area contributed by atoms with Crippen LogP contribution in [0.4, 0.5) is 5.69 Å². The second-order valence-electron chi connectivity index (χ2n) is 5.51. The maximum absolute atomic E-state index is 12.7. The Kier molecular flexibility index (Phi) is 4.04. The number of carbonyl (C=O) groups is 1. The highest BCUT2D eigenvalue weighted by atomic mass is 35.5. The monoisotopic (exact) mass is 347 g/mol. The van der Waals surface area contributed by atoms with Crippen LogP contribution in [0.1, 0.15) is 27.3 Å². The number of nitrogens with zero attached hydrogens (tertiary/aromatic N) is 2. The highest BCUT2D eigenvalue weighted by Crippen LogP contribution is 2.28. The summed E-state index contributed by atoms with van der Waals surface area (Å²) in [4.78, 5) is 17.1. The molecule has 3 aromatic rings. The van der Waals surface area contributed by atoms with E-state index in [1.165, 1.54) is 0 Å². The lowest BCUT2D eigenvalue weighted by atomic mass is 10.1. The number of anilines is 1. The summed E-state index contributed by atoms with van der Waals surface area (Å²) >= 11 is 12.2. The second kappa shape index (κ2) is 5.87. The van der Waals surface area contributed by atoms with Crippen molar-refractivity contribution in [3.63, 3.8) is 0 Å². The molecule has 0 saturated carbocycles. The van der Waals surface area contributed by atoms with Crippen LogP contribution in [-0.2, 0) is 0 Å². The van der Waals surface area contributed by atoms with Gasteiger partial charge in [0.15, 0.2) is 0 Å². The predicted molar refractivity (Wildman–Crippen MR) is 93.8 cm³/mol. The number of benzene rings is 1. The van der Waals surface area contributed by atoms with Gasteiger partial charge in [0.25, 0.3) is 5.91 Å². The lowest BCUT2D eigenvalue weighted by Gasteiger charge is -2.12. The van der Waals surface area contributed by atoms with Gasteiger partial charge in [0.05, 0.1) is 16.4 Å². The quantitative estimate of drug-likeness (QED) is 0.722. The molecule has 1 amide bonds. The Morgan fingerprint density at radius 3 is 2.61 bits per heavy atom. The summed E-state index contributed by atoms with van der Waals surface area (Å²) in [6.07, 6.45) is 1.73. The van der Waals surface area contributed by atoms with Crippen LogP contribution in [-0.4, -0.2) is 15.3 Å². The number of aryl methyl sites for hydroxylation is 3. The number of rotatable bonds is 2. The topological polar surface area (TPSA) is 46.4 Å². The summed E-state index contributed by atoms with van der Waals surface area (Å²) in [5.41, 5.74) is 4.31. The summed E-state index contributed by atoms with van der Waals surface area (Å²) in [6.45, 7) is 5.66. The van der Waals surface area contributed by atoms with Crippen molar-refractivity contribution in [2.75, 3.05) is 5.32 Å². The number of imidazole rings is 1. The van der Waals surface area contributed by atoms with Crippen LogP contribution in [0.15, 0.2) is 30.5 Å². The summed E-state index contributed by atoms with van der Waals surface area (Å²) in [7, 11) is 0. The molecule has 2 heterocycles. The fourth-order valence-corrected chi connectivity index (χ4v) is 3.18. The molecule has 4 nitrogen and oxygen atoms in total. The Hall–Kier alpha value is -2.04. The molecule has 1 N–H and O–H groups in total. The van der Waals surface area contributed by atoms with Crippen molar-refractivity contribution in [3.05, 3.63) is 63.0 Å². The van der Waals surface area contributed by atoms with Crippen LogP contribution in [0.25, 0.3) is 5.65 Å². The van der Waals surface area contributed by atoms with Crippen molar-refractivity contribution in [1.82, 2.24) is 9.38 Å². The van der Waals surface area contributed by atoms with Gasteiger partial charge in [-0.25, -0.2) is 4.98 Å². The molecule has 0 bridgehead atoms. The van der Waals surface area contributed by atoms with Crippen molar-refractivity contribution in [2.24, 2.45) is 0 Å². The minimum Gasteiger partial charge on any atom is -0.319 e. The van der Waals surface area contributed by atoms with Gasteiger partial charge in [0, 0.05) is 17.3 Å². The minimum absolute atomic E-state index is 0.258. The first-order chi connectivity index (χ1) is 10.9. The van der Waals surface area contributed by atoms with Gasteiger partial charge in [0.1, 0.15) is 11.3 Å². The summed E-state index contributed by atoms with van der Waals surface area (Å²) < 4.78 is 1.72. The van der Waals surface area contributed by atoms with Gasteiger partial charge < -0.3 is 5.32 Å². The average molecular weight is 348 g/mol. The summed E-state index contributed by atoms with van der Waals surface area (Å²) in [6, 6.07) is 7.24. The summed E-state index contributed by atoms with van der Waals surface area (Å²) in [5, 5.41) is 3.99. The van der Waals surface area contributed by atoms with Crippen LogP contribution in [0.5, 0.6) is 0 Å². The highest BCUT2D eigenvalue weighted by molar-refractivity contribution is 6.34. The fraction of sp³-hybridized carbons (Fsp3) is 0.176. The molecule has 0 radical (unpaired) electrons. The number of amides is 1. The van der Waals surface area contributed by atoms with Gasteiger partial charge in [-0.05, 0) is 44.0 Å². The molecule has 3 rings (SSSR count). The zero-order valence-electron chi connectivity index (χ0n) is 12.9. The number of hydrogen-bond acceptors (Lipinski definition) is 2. The average Bonchev–Trinajstić information content (AvgIpc) is 2.77. The Bertz CT molecular complexity index is 908. The minimum atomic E-state index is -0.258. The zero-order valence-corrected chi connectivity index (χ0v) is 14.5. The molecule has 0 aliphatic rings. The zero-order chi connectivity index (χ0) is 16.7. The normalized spacial score (nSPS) is 11.0. The Balaban J connectivity index is 2.04. The molecule has 0 aliphatic carbocycles. The Morgan fingerprint density at radius 2 is 1.91 bits per heavy atom. The van der Waals surface area contributed by atoms with Gasteiger partial charge in [-0.1, -0.05) is 29.3 Å². The van der Waals surface area contributed by atoms with E-state index in [0.29, 0.717) is 32.8 Å². The first kappa shape index (κ1) is 15.8. The molecule has 118 valence electrons. The van der Waals surface area contributed by atoms with E-state index in [0.717, 1.165) is 11.1 Å². The van der Waals surface area contributed by atoms with Gasteiger partial charge >= 0.3 is 0 Å². The van der Waals surface area contributed by atoms with Gasteiger partial charge in [0.2, 0.25) is 0 Å². The van der Waals surface area contributed by atoms with Crippen molar-refractivity contribution in [2.45, 2.75) is 20.8 Å². The molecule has 6 heteroatoms. The van der Waals surface area contributed by atoms with Crippen molar-refractivity contribution in [3.8, 4) is 0 Å². The largest absolute Gasteiger partial charge is 0.319 e. The smallest absolute Gasteiger partial charge is 0.274 e. The van der Waals surface area contributed by atoms with Gasteiger partial charge in [-0.2, -0.15) is 0 Å². The third kappa shape index (κ3) is 2.92. The number of aromatic nitrogens is 2. The van der Waals surface area contributed by atoms with Crippen LogP contribution >= 0.6 is 23.2 Å². The van der Waals surface area contributed by atoms with E-state index in [4.69, 9.17) is 23.2 Å². The molecule has 0 aliphatic heterocycles. The molecule has 23 heavy (non-hydrogen) atoms. The van der Waals surface area contributed by atoms with Crippen molar-refractivity contribution in [1.29, 1.82) is 0 Å². The Labute approximate surface area is 144 Å². The van der Waals surface area contributed by atoms with Gasteiger partial charge in [-0.15, -0.1) is 0 Å². The molecule has 0 fully saturated rings. The predicted octanol–water partition coefficient (Wildman–Crippen LogP) is 4.82. The van der Waals surface area contributed by atoms with E-state index in [-0.39, 0.29) is 5.91 Å². The molecular weight excluding hydrogens is 333 g/mol. The lowest BCUT2D eigenvalue weighted by molar-refractivity contribution is 0.102. The second-order valence-corrected chi connectivity index (χ2v) is 6.36. The number of hydrogen-bond donors (Lipinski definition) is 1. The van der Waals surface area contributed by atoms with E-state index in [1.54, 1.807) is 29.7 Å². The maximum atomic E-state index is 12.7. The molecule has 0 atom stereocenters. The number of halogens is 2. The first-order valence-electron chi connectivity index (χ1n) is 7.09. The maximum Gasteiger partial charge on any atom is 0.274 e. The third-order valence-corrected chi connectivity index (χ3v) is 4.18. The number of carbonyl (C=O) groups excluding carboxylic acids is 1. The van der Waals surface area contributed by atoms with E-state index < -0.39 is 0 Å². The van der Waals surface area contributed by atoms with E-state index in [9.17, 15) is 4.79 Å². The Morgan fingerprint density at radius 1 is 1.17 bits per heavy atom. The molecule has 0 saturated heterocycles. The SMILES string of the molecule is Cc1cc(C)c(NC(=O)c2c(C)nc3cc(Cl)ccn23)c(Cl)c1. The van der Waals surface area contributed by atoms with Crippen LogP contribution in [0, 0.1) is 20.8 Å². The van der Waals surface area contributed by atoms with Crippen LogP contribution < -0.4 is 5.32 Å². The van der Waals surface area contributed by atoms with Crippen LogP contribution in [0.3, 0.4) is 0 Å². The van der Waals surface area contributed by atoms with Gasteiger partial charge in [-0.3, -0.25) is 9.20 Å². The van der Waals surface area contributed by atoms with E-state index in [2.05, 4.69) is 10.3 Å².